The van der Waals surface area contributed by atoms with Gasteiger partial charge < -0.3 is 29.8 Å². The summed E-state index contributed by atoms with van der Waals surface area (Å²) in [5, 5.41) is 9.76. The second kappa shape index (κ2) is 14.0. The predicted octanol–water partition coefficient (Wildman–Crippen LogP) is 3.99. The lowest BCUT2D eigenvalue weighted by Crippen LogP contribution is -2.55. The number of hydrogen-bond acceptors (Lipinski definition) is 10. The summed E-state index contributed by atoms with van der Waals surface area (Å²) in [6.45, 7) is -0.411. The summed E-state index contributed by atoms with van der Waals surface area (Å²) in [7, 11) is 1.46. The minimum Gasteiger partial charge on any atom is -0.491 e. The highest BCUT2D eigenvalue weighted by Gasteiger charge is 2.75. The average Bonchev–Trinajstić information content (AvgIpc) is 3.61. The van der Waals surface area contributed by atoms with E-state index in [1.54, 1.807) is 48.5 Å². The topological polar surface area (TPSA) is 158 Å². The molecule has 6 atom stereocenters. The number of imide groups is 1. The lowest BCUT2D eigenvalue weighted by atomic mass is 9.65. The number of aliphatic hydroxyl groups is 1. The molecule has 1 spiro atoms. The summed E-state index contributed by atoms with van der Waals surface area (Å²) in [4.78, 5) is 60.7. The van der Waals surface area contributed by atoms with Crippen LogP contribution in [-0.4, -0.2) is 73.5 Å². The molecule has 6 unspecified atom stereocenters. The van der Waals surface area contributed by atoms with E-state index < -0.39 is 59.4 Å². The van der Waals surface area contributed by atoms with Gasteiger partial charge in [-0.05, 0) is 28.8 Å². The number of carbonyl (C=O) groups excluding carboxylic acids is 4. The van der Waals surface area contributed by atoms with Gasteiger partial charge in [0.1, 0.15) is 36.5 Å². The lowest BCUT2D eigenvalue weighted by Gasteiger charge is -2.46. The minimum atomic E-state index is -1.95. The summed E-state index contributed by atoms with van der Waals surface area (Å²) in [5.74, 6) is -3.67. The van der Waals surface area contributed by atoms with Crippen LogP contribution >= 0.6 is 0 Å². The van der Waals surface area contributed by atoms with Crippen LogP contribution in [0, 0.1) is 5.92 Å². The number of esters is 1. The molecule has 7 rings (SSSR count). The van der Waals surface area contributed by atoms with E-state index in [4.69, 9.17) is 24.7 Å². The second-order valence-electron chi connectivity index (χ2n) is 12.5. The van der Waals surface area contributed by atoms with Gasteiger partial charge in [0, 0.05) is 12.7 Å². The molecule has 2 saturated heterocycles. The Labute approximate surface area is 294 Å². The van der Waals surface area contributed by atoms with Gasteiger partial charge >= 0.3 is 12.1 Å². The number of benzene rings is 4. The molecule has 3 amide bonds. The van der Waals surface area contributed by atoms with Crippen molar-refractivity contribution in [3.8, 4) is 5.75 Å². The number of hydrogen-bond donors (Lipinski definition) is 2. The van der Waals surface area contributed by atoms with Gasteiger partial charge in [0.05, 0.1) is 36.9 Å². The maximum absolute atomic E-state index is 15.5. The van der Waals surface area contributed by atoms with Gasteiger partial charge in [-0.25, -0.2) is 9.69 Å². The summed E-state index contributed by atoms with van der Waals surface area (Å²) < 4.78 is 22.9. The number of nitrogens with two attached hydrogens (primary N) is 1. The van der Waals surface area contributed by atoms with E-state index in [1.807, 2.05) is 65.6 Å². The highest BCUT2D eigenvalue weighted by molar-refractivity contribution is 6.23. The van der Waals surface area contributed by atoms with Crippen LogP contribution in [0.4, 0.5) is 10.5 Å². The number of cyclic esters (lactones) is 1. The molecule has 4 aromatic carbocycles. The third kappa shape index (κ3) is 5.43. The van der Waals surface area contributed by atoms with Crippen molar-refractivity contribution in [2.75, 3.05) is 38.4 Å². The van der Waals surface area contributed by atoms with E-state index in [9.17, 15) is 19.5 Å². The highest BCUT2D eigenvalue weighted by atomic mass is 16.6. The SMILES string of the molecule is COCCOC(=O)N1C(=O)C2(c3ccccc31)C(C(N)=O)C1C(=O)OC(c3ccccc3)C(c3ccccc3)N1C2c1ccccc1OCCO. The maximum Gasteiger partial charge on any atom is 0.421 e. The number of nitrogens with zero attached hydrogens (tertiary/aromatic N) is 2. The van der Waals surface area contributed by atoms with E-state index >= 15 is 4.79 Å². The second-order valence-corrected chi connectivity index (χ2v) is 12.5. The summed E-state index contributed by atoms with van der Waals surface area (Å²) in [5.41, 5.74) is 6.75. The van der Waals surface area contributed by atoms with E-state index in [0.717, 1.165) is 10.5 Å². The number of amides is 3. The third-order valence-electron chi connectivity index (χ3n) is 9.93. The van der Waals surface area contributed by atoms with Crippen LogP contribution in [0.3, 0.4) is 0 Å². The van der Waals surface area contributed by atoms with Crippen LogP contribution in [0.2, 0.25) is 0 Å². The van der Waals surface area contributed by atoms with E-state index in [0.29, 0.717) is 22.4 Å². The Morgan fingerprint density at radius 1 is 0.824 bits per heavy atom. The number of rotatable bonds is 10. The zero-order chi connectivity index (χ0) is 35.7. The van der Waals surface area contributed by atoms with Gasteiger partial charge in [0.2, 0.25) is 11.8 Å². The van der Waals surface area contributed by atoms with Crippen molar-refractivity contribution in [3.63, 3.8) is 0 Å². The van der Waals surface area contributed by atoms with Crippen LogP contribution in [-0.2, 0) is 34.0 Å². The van der Waals surface area contributed by atoms with Gasteiger partial charge in [0.25, 0.3) is 0 Å². The molecule has 12 heteroatoms. The van der Waals surface area contributed by atoms with Crippen molar-refractivity contribution >= 4 is 29.6 Å². The van der Waals surface area contributed by atoms with E-state index in [1.165, 1.54) is 7.11 Å². The zero-order valence-corrected chi connectivity index (χ0v) is 27.8. The van der Waals surface area contributed by atoms with Crippen molar-refractivity contribution in [1.29, 1.82) is 0 Å². The molecule has 51 heavy (non-hydrogen) atoms. The first-order valence-corrected chi connectivity index (χ1v) is 16.7. The summed E-state index contributed by atoms with van der Waals surface area (Å²) in [6.07, 6.45) is -1.85. The smallest absolute Gasteiger partial charge is 0.421 e. The lowest BCUT2D eigenvalue weighted by molar-refractivity contribution is -0.178. The third-order valence-corrected chi connectivity index (χ3v) is 9.93. The van der Waals surface area contributed by atoms with Crippen molar-refractivity contribution in [1.82, 2.24) is 4.90 Å². The number of ether oxygens (including phenoxy) is 4. The number of primary amides is 1. The van der Waals surface area contributed by atoms with Gasteiger partial charge in [-0.2, -0.15) is 0 Å². The first-order chi connectivity index (χ1) is 24.9. The molecule has 12 nitrogen and oxygen atoms in total. The van der Waals surface area contributed by atoms with Crippen molar-refractivity contribution in [2.45, 2.75) is 29.6 Å². The fraction of sp³-hybridized carbons (Fsp3) is 0.282. The fourth-order valence-electron chi connectivity index (χ4n) is 8.11. The van der Waals surface area contributed by atoms with E-state index in [-0.39, 0.29) is 32.1 Å². The number of methoxy groups -OCH3 is 1. The van der Waals surface area contributed by atoms with Crippen molar-refractivity contribution < 1.29 is 43.2 Å². The van der Waals surface area contributed by atoms with E-state index in [2.05, 4.69) is 0 Å². The molecule has 2 fully saturated rings. The minimum absolute atomic E-state index is 0.0707. The first kappa shape index (κ1) is 33.9. The Hall–Kier alpha value is -5.56. The fourth-order valence-corrected chi connectivity index (χ4v) is 8.11. The molecule has 0 radical (unpaired) electrons. The van der Waals surface area contributed by atoms with Gasteiger partial charge in [-0.1, -0.05) is 97.1 Å². The summed E-state index contributed by atoms with van der Waals surface area (Å²) >= 11 is 0. The normalized spacial score (nSPS) is 25.3. The Balaban J connectivity index is 1.55. The van der Waals surface area contributed by atoms with Crippen LogP contribution < -0.4 is 15.4 Å². The zero-order valence-electron chi connectivity index (χ0n) is 27.8. The highest BCUT2D eigenvalue weighted by Crippen LogP contribution is 2.66. The van der Waals surface area contributed by atoms with Gasteiger partial charge in [-0.15, -0.1) is 0 Å². The molecule has 3 aliphatic rings. The Bertz CT molecular complexity index is 1940. The number of morpholine rings is 1. The molecule has 0 aromatic heterocycles. The van der Waals surface area contributed by atoms with Crippen LogP contribution in [0.25, 0.3) is 0 Å². The monoisotopic (exact) mass is 691 g/mol. The van der Waals surface area contributed by atoms with Gasteiger partial charge in [-0.3, -0.25) is 19.3 Å². The largest absolute Gasteiger partial charge is 0.491 e. The molecular formula is C39H37N3O9. The molecule has 3 heterocycles. The quantitative estimate of drug-likeness (QED) is 0.184. The molecule has 3 aliphatic heterocycles. The average molecular weight is 692 g/mol. The number of carbonyl (C=O) groups is 4. The molecule has 3 N–H and O–H groups in total. The first-order valence-electron chi connectivity index (χ1n) is 16.7. The van der Waals surface area contributed by atoms with Crippen LogP contribution in [0.5, 0.6) is 5.75 Å². The predicted molar refractivity (Wildman–Crippen MR) is 183 cm³/mol. The Morgan fingerprint density at radius 2 is 1.47 bits per heavy atom. The number of fused-ring (bicyclic) bond motifs is 3. The molecular weight excluding hydrogens is 654 g/mol. The standard InChI is InChI=1S/C39H37N3O9/c1-48-22-23-50-38(47)41-28-18-10-9-17-27(28)39(37(41)46)30(35(40)44)32-36(45)51-33(25-14-6-3-7-15-25)31(24-12-4-2-5-13-24)42(32)34(39)26-16-8-11-19-29(26)49-21-20-43/h2-19,30-34,43H,20-23H2,1H3,(H2,40,44). The molecule has 0 aliphatic carbocycles. The Morgan fingerprint density at radius 3 is 2.16 bits per heavy atom. The van der Waals surface area contributed by atoms with Crippen molar-refractivity contribution in [3.05, 3.63) is 131 Å². The van der Waals surface area contributed by atoms with Gasteiger partial charge in [0.15, 0.2) is 0 Å². The summed E-state index contributed by atoms with van der Waals surface area (Å²) in [6, 6.07) is 29.0. The Kier molecular flexibility index (Phi) is 9.30. The van der Waals surface area contributed by atoms with Crippen LogP contribution in [0.15, 0.2) is 109 Å². The molecule has 262 valence electrons. The number of aliphatic hydroxyl groups excluding tert-OH is 1. The molecule has 0 bridgehead atoms. The number of anilines is 1. The number of para-hydroxylation sites is 2. The molecule has 4 aromatic rings. The molecule has 0 saturated carbocycles. The maximum atomic E-state index is 15.5. The van der Waals surface area contributed by atoms with Crippen molar-refractivity contribution in [2.24, 2.45) is 11.7 Å². The van der Waals surface area contributed by atoms with Crippen LogP contribution in [0.1, 0.15) is 40.4 Å².